The Labute approximate surface area is 167 Å². The number of alkyl halides is 3. The molecule has 3 atom stereocenters. The summed E-state index contributed by atoms with van der Waals surface area (Å²) in [5, 5.41) is 7.20. The van der Waals surface area contributed by atoms with Crippen LogP contribution in [0.5, 0.6) is 0 Å². The van der Waals surface area contributed by atoms with Gasteiger partial charge in [0.15, 0.2) is 0 Å². The topological polar surface area (TPSA) is 81.0 Å². The number of aromatic nitrogens is 3. The number of hydrogen-bond donors (Lipinski definition) is 1. The van der Waals surface area contributed by atoms with Crippen LogP contribution >= 0.6 is 0 Å². The molecule has 0 aliphatic heterocycles. The summed E-state index contributed by atoms with van der Waals surface area (Å²) in [5.41, 5.74) is -3.08. The van der Waals surface area contributed by atoms with Gasteiger partial charge in [-0.15, -0.1) is 10.2 Å². The Balaban J connectivity index is 2.06. The molecule has 6 nitrogen and oxygen atoms in total. The highest BCUT2D eigenvalue weighted by Crippen LogP contribution is 2.46. The van der Waals surface area contributed by atoms with Crippen LogP contribution in [0.4, 0.5) is 13.2 Å². The predicted octanol–water partition coefficient (Wildman–Crippen LogP) is 4.59. The molecule has 2 aromatic heterocycles. The van der Waals surface area contributed by atoms with E-state index >= 15 is 0 Å². The summed E-state index contributed by atoms with van der Waals surface area (Å²) in [7, 11) is 0. The third-order valence-corrected chi connectivity index (χ3v) is 4.20. The van der Waals surface area contributed by atoms with Gasteiger partial charge in [0.1, 0.15) is 5.69 Å². The smallest absolute Gasteiger partial charge is 0.416 e. The maximum Gasteiger partial charge on any atom is 0.426 e. The highest BCUT2D eigenvalue weighted by atomic mass is 19.4. The molecule has 0 aliphatic carbocycles. The lowest BCUT2D eigenvalue weighted by atomic mass is 9.95. The van der Waals surface area contributed by atoms with E-state index in [2.05, 4.69) is 15.2 Å². The van der Waals surface area contributed by atoms with Crippen molar-refractivity contribution < 1.29 is 25.1 Å². The van der Waals surface area contributed by atoms with Crippen molar-refractivity contribution in [3.63, 3.8) is 0 Å². The summed E-state index contributed by atoms with van der Waals surface area (Å²) in [6, 6.07) is 12.2. The fourth-order valence-electron chi connectivity index (χ4n) is 2.66. The van der Waals surface area contributed by atoms with E-state index in [1.165, 1.54) is 25.1 Å². The van der Waals surface area contributed by atoms with Crippen molar-refractivity contribution in [1.82, 2.24) is 15.2 Å². The third kappa shape index (κ3) is 4.56. The van der Waals surface area contributed by atoms with Gasteiger partial charge in [0.05, 0.1) is 6.61 Å². The minimum Gasteiger partial charge on any atom is -0.416 e. The second-order valence-electron chi connectivity index (χ2n) is 6.21. The van der Waals surface area contributed by atoms with E-state index in [0.29, 0.717) is 5.56 Å². The van der Waals surface area contributed by atoms with Crippen LogP contribution < -0.4 is 5.56 Å². The first-order chi connectivity index (χ1) is 14.6. The summed E-state index contributed by atoms with van der Waals surface area (Å²) in [6.07, 6.45) is -8.50. The van der Waals surface area contributed by atoms with E-state index in [-0.39, 0.29) is 11.6 Å². The van der Waals surface area contributed by atoms with Gasteiger partial charge in [0.25, 0.3) is 11.8 Å². The van der Waals surface area contributed by atoms with Gasteiger partial charge >= 0.3 is 6.18 Å². The van der Waals surface area contributed by atoms with E-state index in [9.17, 15) is 18.0 Å². The summed E-state index contributed by atoms with van der Waals surface area (Å²) < 4.78 is 69.6. The molecule has 3 unspecified atom stereocenters. The van der Waals surface area contributed by atoms with Crippen LogP contribution in [-0.2, 0) is 16.9 Å². The molecule has 0 amide bonds. The standard InChI is InChI=1S/C20H20F3N3O3/c1-2-3-12-19(20(21,22)23,28-13-14-8-5-4-6-9-14)18-26-25-17(29-18)15-10-7-11-16(27)24-15/h4-11H,2-3,12-13H2,1H3,(H,24,27)/i2D,3D. The summed E-state index contributed by atoms with van der Waals surface area (Å²) >= 11 is 0. The van der Waals surface area contributed by atoms with Crippen LogP contribution in [0, 0.1) is 0 Å². The Morgan fingerprint density at radius 3 is 2.55 bits per heavy atom. The van der Waals surface area contributed by atoms with Crippen LogP contribution in [0.25, 0.3) is 11.6 Å². The van der Waals surface area contributed by atoms with Gasteiger partial charge in [-0.2, -0.15) is 13.2 Å². The zero-order chi connectivity index (χ0) is 22.6. The Bertz CT molecular complexity index is 1060. The van der Waals surface area contributed by atoms with E-state index < -0.39 is 49.0 Å². The van der Waals surface area contributed by atoms with Gasteiger partial charge in [-0.25, -0.2) is 0 Å². The molecule has 29 heavy (non-hydrogen) atoms. The second kappa shape index (κ2) is 8.60. The molecule has 1 aromatic carbocycles. The first kappa shape index (κ1) is 18.1. The number of pyridine rings is 1. The minimum atomic E-state index is -5.02. The van der Waals surface area contributed by atoms with Crippen molar-refractivity contribution in [2.75, 3.05) is 0 Å². The van der Waals surface area contributed by atoms with Crippen molar-refractivity contribution >= 4 is 0 Å². The normalized spacial score (nSPS) is 17.1. The van der Waals surface area contributed by atoms with Gasteiger partial charge in [-0.05, 0) is 24.4 Å². The van der Waals surface area contributed by atoms with Gasteiger partial charge in [0, 0.05) is 8.81 Å². The molecule has 0 radical (unpaired) electrons. The highest BCUT2D eigenvalue weighted by molar-refractivity contribution is 5.45. The third-order valence-electron chi connectivity index (χ3n) is 4.20. The van der Waals surface area contributed by atoms with Crippen LogP contribution in [0.1, 0.15) is 40.3 Å². The highest BCUT2D eigenvalue weighted by Gasteiger charge is 2.60. The van der Waals surface area contributed by atoms with Crippen LogP contribution in [-0.4, -0.2) is 21.4 Å². The average Bonchev–Trinajstić information content (AvgIpc) is 3.21. The first-order valence-electron chi connectivity index (χ1n) is 9.90. The molecule has 0 spiro atoms. The molecule has 0 saturated heterocycles. The Morgan fingerprint density at radius 2 is 1.90 bits per heavy atom. The van der Waals surface area contributed by atoms with E-state index in [4.69, 9.17) is 11.9 Å². The Morgan fingerprint density at radius 1 is 1.14 bits per heavy atom. The fourth-order valence-corrected chi connectivity index (χ4v) is 2.66. The lowest BCUT2D eigenvalue weighted by Gasteiger charge is -2.32. The lowest BCUT2D eigenvalue weighted by molar-refractivity contribution is -0.300. The maximum absolute atomic E-state index is 14.4. The maximum atomic E-state index is 14.4. The van der Waals surface area contributed by atoms with Gasteiger partial charge < -0.3 is 14.1 Å². The molecule has 2 heterocycles. The molecular weight excluding hydrogens is 387 g/mol. The predicted molar refractivity (Wildman–Crippen MR) is 98.8 cm³/mol. The molecular formula is C20H20F3N3O3. The van der Waals surface area contributed by atoms with Crippen molar-refractivity contribution in [1.29, 1.82) is 0 Å². The number of benzene rings is 1. The van der Waals surface area contributed by atoms with Crippen molar-refractivity contribution in [3.8, 4) is 11.6 Å². The fraction of sp³-hybridized carbons (Fsp3) is 0.350. The van der Waals surface area contributed by atoms with E-state index in [1.54, 1.807) is 30.3 Å². The largest absolute Gasteiger partial charge is 0.426 e. The van der Waals surface area contributed by atoms with Gasteiger partial charge in [-0.1, -0.05) is 49.7 Å². The number of H-pyrrole nitrogens is 1. The summed E-state index contributed by atoms with van der Waals surface area (Å²) in [4.78, 5) is 13.9. The second-order valence-corrected chi connectivity index (χ2v) is 6.21. The lowest BCUT2D eigenvalue weighted by Crippen LogP contribution is -2.45. The molecule has 154 valence electrons. The Kier molecular flexibility index (Phi) is 5.37. The molecule has 0 fully saturated rings. The average molecular weight is 409 g/mol. The van der Waals surface area contributed by atoms with Crippen molar-refractivity contribution in [3.05, 3.63) is 70.3 Å². The van der Waals surface area contributed by atoms with Crippen LogP contribution in [0.3, 0.4) is 0 Å². The molecule has 0 bridgehead atoms. The number of hydrogen-bond acceptors (Lipinski definition) is 5. The number of nitrogens with one attached hydrogen (secondary N) is 1. The molecule has 3 rings (SSSR count). The number of aromatic amines is 1. The summed E-state index contributed by atoms with van der Waals surface area (Å²) in [5.74, 6) is -1.22. The number of nitrogens with zero attached hydrogens (tertiary/aromatic N) is 2. The number of rotatable bonds is 8. The monoisotopic (exact) mass is 409 g/mol. The molecule has 0 saturated carbocycles. The molecule has 3 aromatic rings. The zero-order valence-corrected chi connectivity index (χ0v) is 15.4. The van der Waals surface area contributed by atoms with E-state index in [0.717, 1.165) is 0 Å². The van der Waals surface area contributed by atoms with Crippen LogP contribution in [0.2, 0.25) is 0 Å². The van der Waals surface area contributed by atoms with Gasteiger partial charge in [0.2, 0.25) is 11.2 Å². The molecule has 0 aliphatic rings. The zero-order valence-electron chi connectivity index (χ0n) is 17.4. The van der Waals surface area contributed by atoms with Crippen molar-refractivity contribution in [2.45, 2.75) is 44.5 Å². The summed E-state index contributed by atoms with van der Waals surface area (Å²) in [6.45, 7) is 0.892. The van der Waals surface area contributed by atoms with E-state index in [1.807, 2.05) is 0 Å². The van der Waals surface area contributed by atoms with Crippen LogP contribution in [0.15, 0.2) is 57.7 Å². The molecule has 1 N–H and O–H groups in total. The quantitative estimate of drug-likeness (QED) is 0.589. The molecule has 9 heteroatoms. The van der Waals surface area contributed by atoms with Gasteiger partial charge in [-0.3, -0.25) is 4.79 Å². The SMILES string of the molecule is [2H]C(C)C([2H])CC(OCc1ccccc1)(c1nnc(-c2cccc(=O)[nH]2)o1)C(F)(F)F. The Hall–Kier alpha value is -2.94. The number of halogens is 3. The number of ether oxygens (including phenoxy) is 1. The minimum absolute atomic E-state index is 0.0432. The first-order valence-corrected chi connectivity index (χ1v) is 8.75. The van der Waals surface area contributed by atoms with Crippen molar-refractivity contribution in [2.24, 2.45) is 0 Å².